The molecule has 1 radical (unpaired) electrons. The summed E-state index contributed by atoms with van der Waals surface area (Å²) in [6, 6.07) is 6.22. The van der Waals surface area contributed by atoms with E-state index in [0.717, 1.165) is 34.2 Å². The van der Waals surface area contributed by atoms with Crippen LogP contribution in [0.3, 0.4) is 0 Å². The summed E-state index contributed by atoms with van der Waals surface area (Å²) in [6.07, 6.45) is 0.977. The molecule has 0 spiro atoms. The summed E-state index contributed by atoms with van der Waals surface area (Å²) in [4.78, 5) is 31.6. The van der Waals surface area contributed by atoms with E-state index in [-0.39, 0.29) is 40.0 Å². The van der Waals surface area contributed by atoms with Gasteiger partial charge in [0, 0.05) is 41.0 Å². The molecule has 225 valence electrons. The molecular weight excluding hydrogens is 645 g/mol. The van der Waals surface area contributed by atoms with Crippen LogP contribution in [-0.4, -0.2) is 97.5 Å². The quantitative estimate of drug-likeness (QED) is 0.274. The van der Waals surface area contributed by atoms with Crippen LogP contribution < -0.4 is 0 Å². The van der Waals surface area contributed by atoms with Gasteiger partial charge in [-0.3, -0.25) is 9.59 Å². The van der Waals surface area contributed by atoms with Crippen LogP contribution >= 0.6 is 0 Å². The van der Waals surface area contributed by atoms with Crippen LogP contribution in [0.5, 0.6) is 0 Å². The molecule has 0 bridgehead atoms. The molecule has 3 rings (SSSR count). The fourth-order valence-corrected chi connectivity index (χ4v) is 3.92. The monoisotopic (exact) mass is 688 g/mol. The van der Waals surface area contributed by atoms with Gasteiger partial charge in [-0.2, -0.15) is 11.5 Å². The van der Waals surface area contributed by atoms with Crippen LogP contribution in [0.1, 0.15) is 47.0 Å². The Labute approximate surface area is 269 Å². The first-order valence-electron chi connectivity index (χ1n) is 12.6. The molecule has 3 heterocycles. The minimum atomic E-state index is -0.226. The molecule has 2 amide bonds. The zero-order chi connectivity index (χ0) is 31.2. The second-order valence-corrected chi connectivity index (χ2v) is 10.3. The summed E-state index contributed by atoms with van der Waals surface area (Å²) in [5.41, 5.74) is 12.0. The molecule has 16 heteroatoms. The van der Waals surface area contributed by atoms with Crippen molar-refractivity contribution in [3.8, 4) is 0 Å². The second kappa shape index (κ2) is 20.5. The molecule has 0 unspecified atom stereocenters. The molecule has 0 fully saturated rings. The number of rotatable bonds is 7. The van der Waals surface area contributed by atoms with E-state index in [1.165, 1.54) is 0 Å². The van der Waals surface area contributed by atoms with E-state index in [2.05, 4.69) is 79.5 Å². The Morgan fingerprint density at radius 1 is 0.683 bits per heavy atom. The van der Waals surface area contributed by atoms with Crippen molar-refractivity contribution in [2.75, 3.05) is 39.7 Å². The molecular formula is C25H41BMoN9O3S2. The first-order chi connectivity index (χ1) is 18.7. The Morgan fingerprint density at radius 2 is 0.927 bits per heavy atom. The van der Waals surface area contributed by atoms with Crippen LogP contribution in [0, 0.1) is 46.4 Å². The Hall–Kier alpha value is -2.38. The SMILES string of the molecule is CN(C)C(=O)CC[S-].CN(C)C(=O)CC[S-].Cc1cc(C)n([B-](n2nc(C)cc2C)n2nc(C)cc2C)n1.[Mo+4].[N-]=O. The summed E-state index contributed by atoms with van der Waals surface area (Å²) in [5, 5.41) is 14.0. The van der Waals surface area contributed by atoms with Gasteiger partial charge in [0.15, 0.2) is 0 Å². The molecule has 0 saturated carbocycles. The fourth-order valence-electron chi connectivity index (χ4n) is 3.57. The summed E-state index contributed by atoms with van der Waals surface area (Å²) in [7, 11) is 6.69. The number of carbonyl (C=O) groups excluding carboxylic acids is 2. The van der Waals surface area contributed by atoms with Crippen LogP contribution in [0.25, 0.3) is 5.59 Å². The molecule has 3 aromatic heterocycles. The third-order valence-corrected chi connectivity index (χ3v) is 5.83. The molecule has 0 aliphatic heterocycles. The standard InChI is InChI=1S/C15H21BN6.2C5H11NOS.Mo.NO/c1-10-7-13(4)20(17-10)16(21-14(5)8-11(2)18-21)22-15(6)9-12(3)19-22;2*1-6(2)5(7)3-4-8;;1-2/h7-9H,1-6H3;2*8H,3-4H2,1-2H3;;/q-1;;;+4;-1/p-2. The molecule has 0 aliphatic carbocycles. The van der Waals surface area contributed by atoms with E-state index >= 15 is 0 Å². The van der Waals surface area contributed by atoms with E-state index in [9.17, 15) is 9.59 Å². The smallest absolute Gasteiger partial charge is 0.792 e. The molecule has 3 aromatic rings. The van der Waals surface area contributed by atoms with Crippen molar-refractivity contribution in [1.82, 2.24) is 38.9 Å². The first-order valence-corrected chi connectivity index (χ1v) is 13.7. The Bertz CT molecular complexity index is 1080. The zero-order valence-electron chi connectivity index (χ0n) is 25.6. The van der Waals surface area contributed by atoms with E-state index in [1.807, 2.05) is 34.5 Å². The fraction of sp³-hybridized carbons (Fsp3) is 0.560. The number of amides is 2. The average molecular weight is 687 g/mol. The number of hydrogen-bond donors (Lipinski definition) is 0. The molecule has 0 saturated heterocycles. The maximum Gasteiger partial charge on any atom is 4.00 e. The first kappa shape index (κ1) is 40.8. The zero-order valence-corrected chi connectivity index (χ0v) is 29.3. The van der Waals surface area contributed by atoms with Gasteiger partial charge in [-0.15, -0.1) is 0 Å². The molecule has 0 atom stereocenters. The van der Waals surface area contributed by atoms with Crippen LogP contribution in [0.2, 0.25) is 0 Å². The number of aromatic nitrogens is 6. The van der Waals surface area contributed by atoms with Gasteiger partial charge < -0.3 is 59.3 Å². The maximum atomic E-state index is 10.6. The van der Waals surface area contributed by atoms with Crippen LogP contribution in [0.4, 0.5) is 0 Å². The van der Waals surface area contributed by atoms with Crippen LogP contribution in [0.15, 0.2) is 18.2 Å². The summed E-state index contributed by atoms with van der Waals surface area (Å²) < 4.78 is 5.94. The third kappa shape index (κ3) is 13.4. The van der Waals surface area contributed by atoms with Crippen molar-refractivity contribution < 1.29 is 30.7 Å². The van der Waals surface area contributed by atoms with Gasteiger partial charge in [-0.1, -0.05) is 0 Å². The normalized spacial score (nSPS) is 9.78. The molecule has 0 aromatic carbocycles. The largest absolute Gasteiger partial charge is 4.00 e. The third-order valence-electron chi connectivity index (χ3n) is 5.42. The topological polar surface area (TPSA) is 133 Å². The van der Waals surface area contributed by atoms with E-state index < -0.39 is 0 Å². The number of nitrogens with zero attached hydrogens (tertiary/aromatic N) is 9. The maximum absolute atomic E-state index is 10.6. The Morgan fingerprint density at radius 3 is 1.05 bits per heavy atom. The Balaban J connectivity index is 0. The average Bonchev–Trinajstić information content (AvgIpc) is 3.51. The minimum absolute atomic E-state index is 0. The van der Waals surface area contributed by atoms with Crippen molar-refractivity contribution >= 4 is 44.2 Å². The number of carbonyl (C=O) groups is 2. The van der Waals surface area contributed by atoms with Gasteiger partial charge in [0.2, 0.25) is 11.8 Å². The van der Waals surface area contributed by atoms with Gasteiger partial charge in [0.05, 0.1) is 17.1 Å². The molecule has 41 heavy (non-hydrogen) atoms. The summed E-state index contributed by atoms with van der Waals surface area (Å²) in [5.74, 6) is 1.27. The van der Waals surface area contributed by atoms with Crippen molar-refractivity contribution in [3.63, 3.8) is 0 Å². The number of hydrogen-bond acceptors (Lipinski definition) is 8. The number of aryl methyl sites for hydroxylation is 6. The van der Waals surface area contributed by atoms with E-state index in [1.54, 1.807) is 38.0 Å². The van der Waals surface area contributed by atoms with E-state index in [4.69, 9.17) is 10.5 Å². The van der Waals surface area contributed by atoms with Gasteiger partial charge >= 0.3 is 21.1 Å². The van der Waals surface area contributed by atoms with Gasteiger partial charge in [0.25, 0.3) is 7.12 Å². The van der Waals surface area contributed by atoms with Gasteiger partial charge in [-0.25, -0.2) is 15.3 Å². The predicted octanol–water partition coefficient (Wildman–Crippen LogP) is 2.40. The van der Waals surface area contributed by atoms with Crippen molar-refractivity contribution in [2.24, 2.45) is 0 Å². The van der Waals surface area contributed by atoms with Crippen molar-refractivity contribution in [1.29, 1.82) is 0 Å². The minimum Gasteiger partial charge on any atom is -0.792 e. The molecule has 0 N–H and O–H groups in total. The Kier molecular flexibility index (Phi) is 20.4. The van der Waals surface area contributed by atoms with Gasteiger partial charge in [-0.05, 0) is 76.8 Å². The van der Waals surface area contributed by atoms with Gasteiger partial charge in [0.1, 0.15) is 0 Å². The van der Waals surface area contributed by atoms with Crippen molar-refractivity contribution in [3.05, 3.63) is 62.9 Å². The van der Waals surface area contributed by atoms with Crippen LogP contribution in [-0.2, 0) is 55.9 Å². The number of nitroso groups, excluding NO2 is 1. The summed E-state index contributed by atoms with van der Waals surface area (Å²) in [6.45, 7) is 12.2. The molecule has 0 aliphatic rings. The summed E-state index contributed by atoms with van der Waals surface area (Å²) >= 11 is 9.20. The second-order valence-electron chi connectivity index (χ2n) is 9.45. The predicted molar refractivity (Wildman–Crippen MR) is 165 cm³/mol. The van der Waals surface area contributed by atoms with Crippen molar-refractivity contribution in [2.45, 2.75) is 54.4 Å². The van der Waals surface area contributed by atoms with E-state index in [0.29, 0.717) is 24.3 Å². The molecule has 12 nitrogen and oxygen atoms in total.